The molecule has 0 bridgehead atoms. The van der Waals surface area contributed by atoms with E-state index in [1.807, 2.05) is 24.3 Å². The molecule has 0 radical (unpaired) electrons. The first kappa shape index (κ1) is 17.6. The number of hydrogen-bond donors (Lipinski definition) is 0. The lowest BCUT2D eigenvalue weighted by atomic mass is 9.89. The van der Waals surface area contributed by atoms with E-state index < -0.39 is 0 Å². The number of ether oxygens (including phenoxy) is 1. The smallest absolute Gasteiger partial charge is 0.283 e. The van der Waals surface area contributed by atoms with Crippen LogP contribution in [0.2, 0.25) is 0 Å². The molecule has 3 aromatic heterocycles. The van der Waals surface area contributed by atoms with Crippen molar-refractivity contribution in [3.63, 3.8) is 0 Å². The molecule has 3 heterocycles. The van der Waals surface area contributed by atoms with Crippen LogP contribution in [0.15, 0.2) is 45.3 Å². The van der Waals surface area contributed by atoms with Crippen LogP contribution in [0.25, 0.3) is 21.7 Å². The summed E-state index contributed by atoms with van der Waals surface area (Å²) >= 11 is 3.20. The van der Waals surface area contributed by atoms with Gasteiger partial charge in [0, 0.05) is 15.8 Å². The molecule has 6 nitrogen and oxygen atoms in total. The van der Waals surface area contributed by atoms with Gasteiger partial charge in [-0.05, 0) is 66.8 Å². The first-order valence-corrected chi connectivity index (χ1v) is 10.8. The first-order valence-electron chi connectivity index (χ1n) is 9.12. The van der Waals surface area contributed by atoms with Gasteiger partial charge in [0.1, 0.15) is 21.9 Å². The zero-order chi connectivity index (χ0) is 19.1. The standard InChI is InChI=1S/C20H18N4O2S2/c1-11-3-8-14-15(9-11)27-18-16(14)19(22-10-21-18)28-20-24-23-17(26-20)12-4-6-13(25-2)7-5-12/h4-7,10-11H,3,8-9H2,1-2H3. The lowest BCUT2D eigenvalue weighted by Gasteiger charge is -2.17. The number of benzene rings is 1. The third-order valence-corrected chi connectivity index (χ3v) is 6.99. The normalized spacial score (nSPS) is 16.3. The molecule has 1 atom stereocenters. The number of fused-ring (bicyclic) bond motifs is 3. The molecule has 5 rings (SSSR count). The van der Waals surface area contributed by atoms with Crippen LogP contribution in [0.3, 0.4) is 0 Å². The van der Waals surface area contributed by atoms with Crippen molar-refractivity contribution in [2.45, 2.75) is 36.4 Å². The monoisotopic (exact) mass is 410 g/mol. The zero-order valence-corrected chi connectivity index (χ0v) is 17.1. The van der Waals surface area contributed by atoms with Gasteiger partial charge >= 0.3 is 0 Å². The van der Waals surface area contributed by atoms with Crippen molar-refractivity contribution >= 4 is 33.3 Å². The molecule has 0 saturated heterocycles. The van der Waals surface area contributed by atoms with E-state index in [0.29, 0.717) is 11.1 Å². The molecule has 0 N–H and O–H groups in total. The van der Waals surface area contributed by atoms with Crippen molar-refractivity contribution in [1.29, 1.82) is 0 Å². The van der Waals surface area contributed by atoms with E-state index >= 15 is 0 Å². The molecule has 0 aliphatic heterocycles. The van der Waals surface area contributed by atoms with E-state index in [1.54, 1.807) is 24.8 Å². The highest BCUT2D eigenvalue weighted by Crippen LogP contribution is 2.42. The summed E-state index contributed by atoms with van der Waals surface area (Å²) in [4.78, 5) is 11.5. The predicted molar refractivity (Wildman–Crippen MR) is 109 cm³/mol. The van der Waals surface area contributed by atoms with Crippen molar-refractivity contribution in [2.75, 3.05) is 7.11 Å². The van der Waals surface area contributed by atoms with Gasteiger partial charge in [-0.3, -0.25) is 0 Å². The SMILES string of the molecule is COc1ccc(-c2nnc(Sc3ncnc4sc5c(c34)CCC(C)C5)o2)cc1. The number of thiophene rings is 1. The Kier molecular flexibility index (Phi) is 4.52. The minimum atomic E-state index is 0.481. The van der Waals surface area contributed by atoms with Crippen molar-refractivity contribution < 1.29 is 9.15 Å². The molecule has 0 amide bonds. The Hall–Kier alpha value is -2.45. The second kappa shape index (κ2) is 7.18. The molecular weight excluding hydrogens is 392 g/mol. The van der Waals surface area contributed by atoms with Gasteiger partial charge in [0.2, 0.25) is 5.89 Å². The minimum Gasteiger partial charge on any atom is -0.497 e. The third kappa shape index (κ3) is 3.16. The molecule has 142 valence electrons. The Balaban J connectivity index is 1.47. The molecule has 8 heteroatoms. The minimum absolute atomic E-state index is 0.481. The van der Waals surface area contributed by atoms with Crippen LogP contribution in [0.4, 0.5) is 0 Å². The molecule has 1 unspecified atom stereocenters. The lowest BCUT2D eigenvalue weighted by Crippen LogP contribution is -2.08. The van der Waals surface area contributed by atoms with Crippen LogP contribution in [0.1, 0.15) is 23.8 Å². The summed E-state index contributed by atoms with van der Waals surface area (Å²) < 4.78 is 11.1. The van der Waals surface area contributed by atoms with Gasteiger partial charge in [-0.15, -0.1) is 21.5 Å². The maximum absolute atomic E-state index is 5.88. The van der Waals surface area contributed by atoms with Gasteiger partial charge in [-0.2, -0.15) is 0 Å². The van der Waals surface area contributed by atoms with Crippen LogP contribution < -0.4 is 4.74 Å². The van der Waals surface area contributed by atoms with E-state index in [9.17, 15) is 0 Å². The Morgan fingerprint density at radius 1 is 1.18 bits per heavy atom. The lowest BCUT2D eigenvalue weighted by molar-refractivity contribution is 0.414. The van der Waals surface area contributed by atoms with Crippen molar-refractivity contribution in [2.24, 2.45) is 5.92 Å². The fraction of sp³-hybridized carbons (Fsp3) is 0.300. The molecule has 0 fully saturated rings. The number of hydrogen-bond acceptors (Lipinski definition) is 8. The fourth-order valence-corrected chi connectivity index (χ4v) is 5.71. The van der Waals surface area contributed by atoms with E-state index in [0.717, 1.165) is 45.3 Å². The summed E-state index contributed by atoms with van der Waals surface area (Å²) in [5, 5.41) is 10.9. The largest absolute Gasteiger partial charge is 0.497 e. The summed E-state index contributed by atoms with van der Waals surface area (Å²) in [6.07, 6.45) is 5.04. The van der Waals surface area contributed by atoms with Gasteiger partial charge in [-0.1, -0.05) is 6.92 Å². The second-order valence-corrected chi connectivity index (χ2v) is 8.94. The average molecular weight is 411 g/mol. The highest BCUT2D eigenvalue weighted by molar-refractivity contribution is 7.99. The summed E-state index contributed by atoms with van der Waals surface area (Å²) in [5.74, 6) is 2.00. The average Bonchev–Trinajstić information content (AvgIpc) is 3.32. The van der Waals surface area contributed by atoms with Crippen LogP contribution in [0, 0.1) is 5.92 Å². The topological polar surface area (TPSA) is 73.9 Å². The van der Waals surface area contributed by atoms with E-state index in [2.05, 4.69) is 27.1 Å². The van der Waals surface area contributed by atoms with Crippen LogP contribution >= 0.6 is 23.1 Å². The molecule has 28 heavy (non-hydrogen) atoms. The summed E-state index contributed by atoms with van der Waals surface area (Å²) in [6, 6.07) is 7.55. The number of methoxy groups -OCH3 is 1. The third-order valence-electron chi connectivity index (χ3n) is 4.98. The van der Waals surface area contributed by atoms with Gasteiger partial charge in [0.05, 0.1) is 7.11 Å². The maximum atomic E-state index is 5.88. The molecule has 0 saturated carbocycles. The Morgan fingerprint density at radius 2 is 2.04 bits per heavy atom. The maximum Gasteiger partial charge on any atom is 0.283 e. The number of rotatable bonds is 4. The van der Waals surface area contributed by atoms with E-state index in [4.69, 9.17) is 9.15 Å². The quantitative estimate of drug-likeness (QED) is 0.437. The molecule has 1 aliphatic carbocycles. The van der Waals surface area contributed by atoms with Gasteiger partial charge in [-0.25, -0.2) is 9.97 Å². The highest BCUT2D eigenvalue weighted by atomic mass is 32.2. The molecule has 1 aromatic carbocycles. The summed E-state index contributed by atoms with van der Waals surface area (Å²) in [6.45, 7) is 2.31. The van der Waals surface area contributed by atoms with E-state index in [1.165, 1.54) is 28.6 Å². The predicted octanol–water partition coefficient (Wildman–Crippen LogP) is 5.03. The summed E-state index contributed by atoms with van der Waals surface area (Å²) in [7, 11) is 1.64. The highest BCUT2D eigenvalue weighted by Gasteiger charge is 2.24. The molecular formula is C20H18N4O2S2. The Morgan fingerprint density at radius 3 is 2.86 bits per heavy atom. The van der Waals surface area contributed by atoms with Crippen molar-refractivity contribution in [3.05, 3.63) is 41.0 Å². The van der Waals surface area contributed by atoms with Crippen molar-refractivity contribution in [1.82, 2.24) is 20.2 Å². The molecule has 1 aliphatic rings. The fourth-order valence-electron chi connectivity index (χ4n) is 3.51. The van der Waals surface area contributed by atoms with Gasteiger partial charge in [0.25, 0.3) is 5.22 Å². The Labute approximate surface area is 170 Å². The summed E-state index contributed by atoms with van der Waals surface area (Å²) in [5.41, 5.74) is 2.26. The van der Waals surface area contributed by atoms with Gasteiger partial charge in [0.15, 0.2) is 0 Å². The zero-order valence-electron chi connectivity index (χ0n) is 15.5. The van der Waals surface area contributed by atoms with Crippen LogP contribution in [-0.2, 0) is 12.8 Å². The first-order chi connectivity index (χ1) is 13.7. The van der Waals surface area contributed by atoms with Crippen LogP contribution in [0.5, 0.6) is 5.75 Å². The second-order valence-electron chi connectivity index (χ2n) is 6.91. The van der Waals surface area contributed by atoms with Gasteiger partial charge < -0.3 is 9.15 Å². The van der Waals surface area contributed by atoms with Crippen molar-refractivity contribution in [3.8, 4) is 17.2 Å². The number of aryl methyl sites for hydroxylation is 1. The van der Waals surface area contributed by atoms with Crippen LogP contribution in [-0.4, -0.2) is 27.3 Å². The number of nitrogens with zero attached hydrogens (tertiary/aromatic N) is 4. The Bertz CT molecular complexity index is 1140. The molecule has 4 aromatic rings. The van der Waals surface area contributed by atoms with E-state index in [-0.39, 0.29) is 0 Å². The number of aromatic nitrogens is 4. The molecule has 0 spiro atoms.